The molecule has 6 nitrogen and oxygen atoms in total. The predicted molar refractivity (Wildman–Crippen MR) is 112 cm³/mol. The Morgan fingerprint density at radius 1 is 1.14 bits per heavy atom. The Hall–Kier alpha value is -1.44. The monoisotopic (exact) mass is 407 g/mol. The van der Waals surface area contributed by atoms with Crippen molar-refractivity contribution in [1.82, 2.24) is 14.1 Å². The summed E-state index contributed by atoms with van der Waals surface area (Å²) < 4.78 is 26.9. The van der Waals surface area contributed by atoms with Crippen molar-refractivity contribution in [3.63, 3.8) is 0 Å². The molecule has 1 aromatic carbocycles. The van der Waals surface area contributed by atoms with Gasteiger partial charge in [-0.15, -0.1) is 0 Å². The van der Waals surface area contributed by atoms with Crippen LogP contribution in [0.25, 0.3) is 0 Å². The SMILES string of the molecule is CCS(=O)(=O)N(CCN1CCCCC1)C1CN(C(=O)Cc2ccccc2C)C1. The maximum Gasteiger partial charge on any atom is 0.227 e. The minimum atomic E-state index is -3.27. The van der Waals surface area contributed by atoms with Gasteiger partial charge in [0, 0.05) is 26.2 Å². The molecule has 0 radical (unpaired) electrons. The zero-order valence-electron chi connectivity index (χ0n) is 17.1. The van der Waals surface area contributed by atoms with Crippen molar-refractivity contribution in [2.24, 2.45) is 0 Å². The van der Waals surface area contributed by atoms with Crippen molar-refractivity contribution in [2.75, 3.05) is 45.0 Å². The largest absolute Gasteiger partial charge is 0.339 e. The van der Waals surface area contributed by atoms with Gasteiger partial charge < -0.3 is 9.80 Å². The first-order valence-electron chi connectivity index (χ1n) is 10.4. The number of aryl methyl sites for hydroxylation is 1. The zero-order chi connectivity index (χ0) is 20.1. The van der Waals surface area contributed by atoms with Crippen LogP contribution in [0.1, 0.15) is 37.3 Å². The minimum Gasteiger partial charge on any atom is -0.339 e. The summed E-state index contributed by atoms with van der Waals surface area (Å²) in [6, 6.07) is 7.83. The number of nitrogens with zero attached hydrogens (tertiary/aromatic N) is 3. The number of carbonyl (C=O) groups excluding carboxylic acids is 1. The number of piperidine rings is 1. The molecule has 0 atom stereocenters. The highest BCUT2D eigenvalue weighted by molar-refractivity contribution is 7.89. The van der Waals surface area contributed by atoms with Crippen LogP contribution < -0.4 is 0 Å². The summed E-state index contributed by atoms with van der Waals surface area (Å²) in [5, 5.41) is 0. The Kier molecular flexibility index (Phi) is 7.12. The third-order valence-corrected chi connectivity index (χ3v) is 7.96. The quantitative estimate of drug-likeness (QED) is 0.660. The molecular formula is C21H33N3O3S. The van der Waals surface area contributed by atoms with Gasteiger partial charge in [0.2, 0.25) is 15.9 Å². The molecule has 156 valence electrons. The second-order valence-electron chi connectivity index (χ2n) is 7.97. The number of carbonyl (C=O) groups is 1. The average molecular weight is 408 g/mol. The van der Waals surface area contributed by atoms with Gasteiger partial charge in [0.25, 0.3) is 0 Å². The van der Waals surface area contributed by atoms with E-state index >= 15 is 0 Å². The smallest absolute Gasteiger partial charge is 0.227 e. The van der Waals surface area contributed by atoms with Crippen LogP contribution in [-0.4, -0.2) is 79.5 Å². The lowest BCUT2D eigenvalue weighted by molar-refractivity contribution is -0.136. The molecule has 2 heterocycles. The molecular weight excluding hydrogens is 374 g/mol. The normalized spacial score (nSPS) is 19.0. The highest BCUT2D eigenvalue weighted by atomic mass is 32.2. The molecule has 1 amide bonds. The van der Waals surface area contributed by atoms with Crippen LogP contribution in [-0.2, 0) is 21.2 Å². The van der Waals surface area contributed by atoms with Gasteiger partial charge in [-0.2, -0.15) is 4.31 Å². The molecule has 2 aliphatic heterocycles. The first-order valence-corrected chi connectivity index (χ1v) is 12.1. The van der Waals surface area contributed by atoms with E-state index in [9.17, 15) is 13.2 Å². The van der Waals surface area contributed by atoms with Gasteiger partial charge in [0.1, 0.15) is 0 Å². The average Bonchev–Trinajstić information content (AvgIpc) is 2.65. The van der Waals surface area contributed by atoms with E-state index in [1.165, 1.54) is 19.3 Å². The summed E-state index contributed by atoms with van der Waals surface area (Å²) in [4.78, 5) is 16.7. The Morgan fingerprint density at radius 2 is 1.82 bits per heavy atom. The third-order valence-electron chi connectivity index (χ3n) is 6.03. The zero-order valence-corrected chi connectivity index (χ0v) is 18.0. The van der Waals surface area contributed by atoms with E-state index < -0.39 is 10.0 Å². The second kappa shape index (κ2) is 9.37. The van der Waals surface area contributed by atoms with Gasteiger partial charge in [-0.3, -0.25) is 4.79 Å². The molecule has 7 heteroatoms. The summed E-state index contributed by atoms with van der Waals surface area (Å²) in [5.41, 5.74) is 2.16. The summed E-state index contributed by atoms with van der Waals surface area (Å²) in [7, 11) is -3.27. The fraction of sp³-hybridized carbons (Fsp3) is 0.667. The van der Waals surface area contributed by atoms with Crippen LogP contribution in [0.4, 0.5) is 0 Å². The van der Waals surface area contributed by atoms with E-state index in [1.807, 2.05) is 31.2 Å². The van der Waals surface area contributed by atoms with Gasteiger partial charge in [-0.25, -0.2) is 8.42 Å². The fourth-order valence-electron chi connectivity index (χ4n) is 4.06. The van der Waals surface area contributed by atoms with Crippen LogP contribution in [0.15, 0.2) is 24.3 Å². The first kappa shape index (κ1) is 21.3. The highest BCUT2D eigenvalue weighted by Crippen LogP contribution is 2.21. The molecule has 0 aromatic heterocycles. The molecule has 2 aliphatic rings. The Balaban J connectivity index is 1.56. The molecule has 2 fully saturated rings. The van der Waals surface area contributed by atoms with Crippen molar-refractivity contribution >= 4 is 15.9 Å². The molecule has 0 unspecified atom stereocenters. The lowest BCUT2D eigenvalue weighted by Gasteiger charge is -2.45. The standard InChI is InChI=1S/C21H33N3O3S/c1-3-28(26,27)24(14-13-22-11-7-4-8-12-22)20-16-23(17-20)21(25)15-19-10-6-5-9-18(19)2/h5-6,9-10,20H,3-4,7-8,11-17H2,1-2H3. The van der Waals surface area contributed by atoms with E-state index in [-0.39, 0.29) is 17.7 Å². The maximum atomic E-state index is 12.6. The van der Waals surface area contributed by atoms with Gasteiger partial charge in [-0.1, -0.05) is 30.7 Å². The lowest BCUT2D eigenvalue weighted by atomic mass is 10.0. The van der Waals surface area contributed by atoms with Gasteiger partial charge >= 0.3 is 0 Å². The number of sulfonamides is 1. The van der Waals surface area contributed by atoms with Crippen LogP contribution >= 0.6 is 0 Å². The van der Waals surface area contributed by atoms with Crippen molar-refractivity contribution in [2.45, 2.75) is 45.6 Å². The molecule has 2 saturated heterocycles. The van der Waals surface area contributed by atoms with E-state index in [0.717, 1.165) is 30.8 Å². The predicted octanol–water partition coefficient (Wildman–Crippen LogP) is 1.89. The summed E-state index contributed by atoms with van der Waals surface area (Å²) >= 11 is 0. The molecule has 0 spiro atoms. The Bertz CT molecular complexity index is 769. The van der Waals surface area contributed by atoms with Crippen LogP contribution in [0.2, 0.25) is 0 Å². The number of benzene rings is 1. The molecule has 0 aliphatic carbocycles. The molecule has 0 N–H and O–H groups in total. The molecule has 0 saturated carbocycles. The fourth-order valence-corrected chi connectivity index (χ4v) is 5.34. The first-order chi connectivity index (χ1) is 13.4. The Labute approximate surface area is 169 Å². The number of hydrogen-bond donors (Lipinski definition) is 0. The van der Waals surface area contributed by atoms with Crippen molar-refractivity contribution in [3.8, 4) is 0 Å². The number of amides is 1. The number of rotatable bonds is 8. The van der Waals surface area contributed by atoms with E-state index in [4.69, 9.17) is 0 Å². The van der Waals surface area contributed by atoms with E-state index in [0.29, 0.717) is 26.1 Å². The van der Waals surface area contributed by atoms with Crippen LogP contribution in [0.3, 0.4) is 0 Å². The van der Waals surface area contributed by atoms with Crippen molar-refractivity contribution in [1.29, 1.82) is 0 Å². The number of hydrogen-bond acceptors (Lipinski definition) is 4. The van der Waals surface area contributed by atoms with E-state index in [2.05, 4.69) is 4.90 Å². The van der Waals surface area contributed by atoms with Gasteiger partial charge in [-0.05, 0) is 50.9 Å². The van der Waals surface area contributed by atoms with Crippen LogP contribution in [0.5, 0.6) is 0 Å². The summed E-state index contributed by atoms with van der Waals surface area (Å²) in [6.07, 6.45) is 4.05. The summed E-state index contributed by atoms with van der Waals surface area (Å²) in [5.74, 6) is 0.191. The minimum absolute atomic E-state index is 0.0791. The highest BCUT2D eigenvalue weighted by Gasteiger charge is 2.39. The third kappa shape index (κ3) is 5.13. The summed E-state index contributed by atoms with van der Waals surface area (Å²) in [6.45, 7) is 8.15. The van der Waals surface area contributed by atoms with E-state index in [1.54, 1.807) is 16.1 Å². The van der Waals surface area contributed by atoms with Crippen LogP contribution in [0, 0.1) is 6.92 Å². The maximum absolute atomic E-state index is 12.6. The molecule has 3 rings (SSSR count). The lowest BCUT2D eigenvalue weighted by Crippen LogP contribution is -2.63. The number of likely N-dealkylation sites (tertiary alicyclic amines) is 2. The van der Waals surface area contributed by atoms with Gasteiger partial charge in [0.15, 0.2) is 0 Å². The molecule has 28 heavy (non-hydrogen) atoms. The second-order valence-corrected chi connectivity index (χ2v) is 10.2. The topological polar surface area (TPSA) is 60.9 Å². The van der Waals surface area contributed by atoms with Gasteiger partial charge in [0.05, 0.1) is 18.2 Å². The Morgan fingerprint density at radius 3 is 2.46 bits per heavy atom. The van der Waals surface area contributed by atoms with Crippen molar-refractivity contribution < 1.29 is 13.2 Å². The molecule has 0 bridgehead atoms. The molecule has 1 aromatic rings. The van der Waals surface area contributed by atoms with Crippen molar-refractivity contribution in [3.05, 3.63) is 35.4 Å².